The normalized spacial score (nSPS) is 20.7. The summed E-state index contributed by atoms with van der Waals surface area (Å²) in [6.45, 7) is 2.42. The largest absolute Gasteiger partial charge is 0.480 e. The molecule has 2 amide bonds. The predicted molar refractivity (Wildman–Crippen MR) is 64.3 cm³/mol. The fourth-order valence-corrected chi connectivity index (χ4v) is 2.09. The summed E-state index contributed by atoms with van der Waals surface area (Å²) in [5.74, 6) is -1.59. The lowest BCUT2D eigenvalue weighted by Crippen LogP contribution is -2.43. The summed E-state index contributed by atoms with van der Waals surface area (Å²) in [6.07, 6.45) is 0.957. The van der Waals surface area contributed by atoms with Gasteiger partial charge in [0.15, 0.2) is 0 Å². The van der Waals surface area contributed by atoms with Gasteiger partial charge in [0, 0.05) is 26.1 Å². The Hall–Kier alpha value is -1.63. The highest BCUT2D eigenvalue weighted by Gasteiger charge is 2.56. The van der Waals surface area contributed by atoms with Gasteiger partial charge in [-0.05, 0) is 12.8 Å². The zero-order valence-corrected chi connectivity index (χ0v) is 10.7. The monoisotopic (exact) mass is 270 g/mol. The average Bonchev–Trinajstić information content (AvgIpc) is 3.21. The minimum atomic E-state index is -1.23. The molecule has 2 aliphatic rings. The number of morpholine rings is 1. The molecule has 0 aromatic rings. The number of hydrogen-bond donors (Lipinski definition) is 2. The van der Waals surface area contributed by atoms with E-state index in [1.54, 1.807) is 4.90 Å². The molecule has 7 nitrogen and oxygen atoms in total. The number of carbonyl (C=O) groups excluding carboxylic acids is 2. The third-order valence-corrected chi connectivity index (χ3v) is 3.58. The highest BCUT2D eigenvalue weighted by atomic mass is 16.5. The first-order valence-corrected chi connectivity index (χ1v) is 6.43. The van der Waals surface area contributed by atoms with Crippen LogP contribution in [0.1, 0.15) is 19.3 Å². The second-order valence-corrected chi connectivity index (χ2v) is 4.89. The van der Waals surface area contributed by atoms with Gasteiger partial charge in [-0.15, -0.1) is 0 Å². The van der Waals surface area contributed by atoms with E-state index >= 15 is 0 Å². The van der Waals surface area contributed by atoms with E-state index in [1.807, 2.05) is 0 Å². The summed E-state index contributed by atoms with van der Waals surface area (Å²) < 4.78 is 5.14. The van der Waals surface area contributed by atoms with Gasteiger partial charge in [0.1, 0.15) is 5.41 Å². The number of aliphatic carboxylic acids is 1. The molecule has 19 heavy (non-hydrogen) atoms. The van der Waals surface area contributed by atoms with E-state index < -0.39 is 17.3 Å². The Bertz CT molecular complexity index is 386. The molecule has 0 bridgehead atoms. The van der Waals surface area contributed by atoms with Crippen LogP contribution in [0, 0.1) is 5.41 Å². The van der Waals surface area contributed by atoms with Gasteiger partial charge in [-0.2, -0.15) is 0 Å². The second kappa shape index (κ2) is 5.56. The topological polar surface area (TPSA) is 95.9 Å². The molecule has 1 saturated carbocycles. The fourth-order valence-electron chi connectivity index (χ4n) is 2.09. The summed E-state index contributed by atoms with van der Waals surface area (Å²) in [4.78, 5) is 36.1. The zero-order valence-electron chi connectivity index (χ0n) is 10.7. The van der Waals surface area contributed by atoms with Crippen LogP contribution in [0.5, 0.6) is 0 Å². The summed E-state index contributed by atoms with van der Waals surface area (Å²) in [5, 5.41) is 11.5. The maximum absolute atomic E-state index is 11.8. The van der Waals surface area contributed by atoms with Crippen molar-refractivity contribution in [2.75, 3.05) is 32.8 Å². The summed E-state index contributed by atoms with van der Waals surface area (Å²) in [7, 11) is 0. The maximum atomic E-state index is 11.8. The van der Waals surface area contributed by atoms with Crippen LogP contribution in [0.4, 0.5) is 0 Å². The molecular formula is C12H18N2O5. The number of ether oxygens (including phenoxy) is 1. The van der Waals surface area contributed by atoms with Crippen molar-refractivity contribution in [2.24, 2.45) is 5.41 Å². The number of carboxylic acid groups (broad SMARTS) is 1. The molecule has 0 aromatic carbocycles. The van der Waals surface area contributed by atoms with Crippen LogP contribution in [0.25, 0.3) is 0 Å². The minimum Gasteiger partial charge on any atom is -0.480 e. The molecule has 2 rings (SSSR count). The molecule has 1 saturated heterocycles. The number of hydrogen-bond acceptors (Lipinski definition) is 4. The lowest BCUT2D eigenvalue weighted by molar-refractivity contribution is -0.149. The van der Waals surface area contributed by atoms with Gasteiger partial charge in [0.05, 0.1) is 13.2 Å². The number of carboxylic acids is 1. The number of nitrogens with one attached hydrogen (secondary N) is 1. The lowest BCUT2D eigenvalue weighted by Gasteiger charge is -2.26. The van der Waals surface area contributed by atoms with Crippen molar-refractivity contribution in [3.8, 4) is 0 Å². The SMILES string of the molecule is O=C(CCNC(=O)C1(C(=O)O)CC1)N1CCOCC1. The summed E-state index contributed by atoms with van der Waals surface area (Å²) in [5.41, 5.74) is -1.23. The first-order valence-electron chi connectivity index (χ1n) is 6.43. The zero-order chi connectivity index (χ0) is 13.9. The molecule has 0 atom stereocenters. The van der Waals surface area contributed by atoms with Gasteiger partial charge in [-0.1, -0.05) is 0 Å². The number of carbonyl (C=O) groups is 3. The first kappa shape index (κ1) is 13.8. The molecule has 2 fully saturated rings. The fraction of sp³-hybridized carbons (Fsp3) is 0.750. The van der Waals surface area contributed by atoms with Crippen LogP contribution in [0.3, 0.4) is 0 Å². The van der Waals surface area contributed by atoms with E-state index in [-0.39, 0.29) is 18.9 Å². The molecule has 106 valence electrons. The molecule has 0 radical (unpaired) electrons. The third kappa shape index (κ3) is 3.04. The van der Waals surface area contributed by atoms with Crippen LogP contribution in [0.15, 0.2) is 0 Å². The molecule has 1 aliphatic heterocycles. The van der Waals surface area contributed by atoms with Gasteiger partial charge < -0.3 is 20.1 Å². The van der Waals surface area contributed by atoms with E-state index in [4.69, 9.17) is 9.84 Å². The van der Waals surface area contributed by atoms with Crippen molar-refractivity contribution < 1.29 is 24.2 Å². The molecule has 0 spiro atoms. The van der Waals surface area contributed by atoms with Crippen LogP contribution < -0.4 is 5.32 Å². The van der Waals surface area contributed by atoms with Crippen LogP contribution in [0.2, 0.25) is 0 Å². The van der Waals surface area contributed by atoms with Crippen molar-refractivity contribution in [3.63, 3.8) is 0 Å². The van der Waals surface area contributed by atoms with Gasteiger partial charge >= 0.3 is 5.97 Å². The smallest absolute Gasteiger partial charge is 0.319 e. The molecular weight excluding hydrogens is 252 g/mol. The Morgan fingerprint density at radius 1 is 1.21 bits per heavy atom. The molecule has 1 aliphatic carbocycles. The molecule has 1 heterocycles. The van der Waals surface area contributed by atoms with Crippen molar-refractivity contribution in [1.82, 2.24) is 10.2 Å². The van der Waals surface area contributed by atoms with Gasteiger partial charge in [-0.25, -0.2) is 0 Å². The Morgan fingerprint density at radius 3 is 2.37 bits per heavy atom. The van der Waals surface area contributed by atoms with Crippen molar-refractivity contribution in [2.45, 2.75) is 19.3 Å². The average molecular weight is 270 g/mol. The van der Waals surface area contributed by atoms with Crippen molar-refractivity contribution >= 4 is 17.8 Å². The van der Waals surface area contributed by atoms with Crippen LogP contribution in [-0.2, 0) is 19.1 Å². The first-order chi connectivity index (χ1) is 9.06. The van der Waals surface area contributed by atoms with E-state index in [9.17, 15) is 14.4 Å². The third-order valence-electron chi connectivity index (χ3n) is 3.58. The van der Waals surface area contributed by atoms with E-state index in [0.717, 1.165) is 0 Å². The van der Waals surface area contributed by atoms with E-state index in [1.165, 1.54) is 0 Å². The van der Waals surface area contributed by atoms with Crippen molar-refractivity contribution in [3.05, 3.63) is 0 Å². The van der Waals surface area contributed by atoms with Crippen LogP contribution >= 0.6 is 0 Å². The van der Waals surface area contributed by atoms with Gasteiger partial charge in [-0.3, -0.25) is 14.4 Å². The Morgan fingerprint density at radius 2 is 1.84 bits per heavy atom. The van der Waals surface area contributed by atoms with E-state index in [0.29, 0.717) is 39.1 Å². The Balaban J connectivity index is 1.70. The number of rotatable bonds is 5. The summed E-state index contributed by atoms with van der Waals surface area (Å²) >= 11 is 0. The number of amides is 2. The van der Waals surface area contributed by atoms with Crippen LogP contribution in [-0.4, -0.2) is 60.6 Å². The quantitative estimate of drug-likeness (QED) is 0.639. The molecule has 7 heteroatoms. The Kier molecular flexibility index (Phi) is 4.04. The standard InChI is InChI=1S/C12H18N2O5/c15-9(14-5-7-19-8-6-14)1-4-13-10(16)12(2-3-12)11(17)18/h1-8H2,(H,13,16)(H,17,18). The molecule has 0 aromatic heterocycles. The number of nitrogens with zero attached hydrogens (tertiary/aromatic N) is 1. The minimum absolute atomic E-state index is 0.0382. The van der Waals surface area contributed by atoms with Crippen molar-refractivity contribution in [1.29, 1.82) is 0 Å². The van der Waals surface area contributed by atoms with Gasteiger partial charge in [0.25, 0.3) is 0 Å². The Labute approximate surface area is 110 Å². The van der Waals surface area contributed by atoms with Gasteiger partial charge in [0.2, 0.25) is 11.8 Å². The molecule has 2 N–H and O–H groups in total. The summed E-state index contributed by atoms with van der Waals surface area (Å²) in [6, 6.07) is 0. The predicted octanol–water partition coefficient (Wildman–Crippen LogP) is -0.784. The lowest BCUT2D eigenvalue weighted by atomic mass is 10.1. The highest BCUT2D eigenvalue weighted by molar-refractivity contribution is 6.04. The second-order valence-electron chi connectivity index (χ2n) is 4.89. The molecule has 0 unspecified atom stereocenters. The van der Waals surface area contributed by atoms with E-state index in [2.05, 4.69) is 5.32 Å². The highest BCUT2D eigenvalue weighted by Crippen LogP contribution is 2.45. The maximum Gasteiger partial charge on any atom is 0.319 e.